The minimum atomic E-state index is -4.94. The highest BCUT2D eigenvalue weighted by Crippen LogP contribution is 2.42. The van der Waals surface area contributed by atoms with Crippen molar-refractivity contribution in [2.24, 2.45) is 5.92 Å². The summed E-state index contributed by atoms with van der Waals surface area (Å²) in [6.45, 7) is 0. The van der Waals surface area contributed by atoms with Gasteiger partial charge < -0.3 is 10.1 Å². The molecule has 3 atom stereocenters. The average Bonchev–Trinajstić information content (AvgIpc) is 3.44. The second-order valence-electron chi connectivity index (χ2n) is 8.50. The van der Waals surface area contributed by atoms with E-state index in [0.29, 0.717) is 12.8 Å². The van der Waals surface area contributed by atoms with E-state index >= 15 is 0 Å². The van der Waals surface area contributed by atoms with Crippen molar-refractivity contribution in [3.63, 3.8) is 0 Å². The quantitative estimate of drug-likeness (QED) is 0.655. The number of ether oxygens (including phenoxy) is 1. The maximum atomic E-state index is 13.9. The Hall–Kier alpha value is -3.04. The van der Waals surface area contributed by atoms with Gasteiger partial charge in [-0.2, -0.15) is 18.4 Å². The number of carbonyl (C=O) groups is 1. The molecule has 1 amide bonds. The van der Waals surface area contributed by atoms with Gasteiger partial charge in [-0.3, -0.25) is 14.8 Å². The first kappa shape index (κ1) is 24.1. The van der Waals surface area contributed by atoms with E-state index in [9.17, 15) is 31.6 Å². The topological polar surface area (TPSA) is 122 Å². The molecule has 180 valence electrons. The van der Waals surface area contributed by atoms with Crippen LogP contribution in [0.4, 0.5) is 13.2 Å². The molecule has 0 unspecified atom stereocenters. The van der Waals surface area contributed by atoms with Crippen molar-refractivity contribution >= 4 is 15.7 Å². The summed E-state index contributed by atoms with van der Waals surface area (Å²) in [5.41, 5.74) is -2.02. The van der Waals surface area contributed by atoms with Crippen molar-refractivity contribution in [3.8, 4) is 17.3 Å². The lowest BCUT2D eigenvalue weighted by Gasteiger charge is -2.19. The van der Waals surface area contributed by atoms with Gasteiger partial charge in [-0.25, -0.2) is 8.42 Å². The van der Waals surface area contributed by atoms with Crippen molar-refractivity contribution in [3.05, 3.63) is 42.4 Å². The van der Waals surface area contributed by atoms with E-state index in [1.54, 1.807) is 0 Å². The molecular weight excluding hydrogens is 473 g/mol. The number of hydrogen-bond donors (Lipinski definition) is 1. The largest absolute Gasteiger partial charge is 0.417 e. The van der Waals surface area contributed by atoms with Crippen molar-refractivity contribution in [2.75, 3.05) is 7.11 Å². The number of amides is 1. The van der Waals surface area contributed by atoms with Crippen LogP contribution < -0.4 is 5.32 Å². The van der Waals surface area contributed by atoms with Crippen LogP contribution in [0.2, 0.25) is 0 Å². The third kappa shape index (κ3) is 4.50. The lowest BCUT2D eigenvalue weighted by Crippen LogP contribution is -2.42. The molecule has 2 aliphatic rings. The zero-order valence-corrected chi connectivity index (χ0v) is 18.9. The van der Waals surface area contributed by atoms with Gasteiger partial charge in [0.05, 0.1) is 45.7 Å². The first-order valence-electron chi connectivity index (χ1n) is 10.5. The first-order chi connectivity index (χ1) is 16.0. The first-order valence-corrected chi connectivity index (χ1v) is 12.0. The Balaban J connectivity index is 1.66. The van der Waals surface area contributed by atoms with E-state index in [0.717, 1.165) is 12.1 Å². The maximum Gasteiger partial charge on any atom is 0.417 e. The van der Waals surface area contributed by atoms with Crippen LogP contribution in [0, 0.1) is 17.2 Å². The van der Waals surface area contributed by atoms with Crippen LogP contribution in [0.3, 0.4) is 0 Å². The molecule has 1 aromatic carbocycles. The molecule has 2 fully saturated rings. The predicted octanol–water partition coefficient (Wildman–Crippen LogP) is 2.90. The van der Waals surface area contributed by atoms with Gasteiger partial charge in [0.1, 0.15) is 5.54 Å². The number of nitrogens with zero attached hydrogens (tertiary/aromatic N) is 3. The zero-order chi connectivity index (χ0) is 24.7. The summed E-state index contributed by atoms with van der Waals surface area (Å²) in [7, 11) is -3.16. The number of hydrogen-bond acceptors (Lipinski definition) is 7. The molecule has 0 spiro atoms. The molecule has 1 N–H and O–H groups in total. The molecule has 2 aromatic rings. The summed E-state index contributed by atoms with van der Waals surface area (Å²) < 4.78 is 73.8. The number of halogens is 3. The summed E-state index contributed by atoms with van der Waals surface area (Å²) >= 11 is 0. The van der Waals surface area contributed by atoms with Gasteiger partial charge in [0.2, 0.25) is 5.91 Å². The number of nitrogens with one attached hydrogen (secondary N) is 1. The van der Waals surface area contributed by atoms with E-state index in [1.807, 2.05) is 6.07 Å². The minimum absolute atomic E-state index is 0.0732. The lowest BCUT2D eigenvalue weighted by atomic mass is 10.0. The summed E-state index contributed by atoms with van der Waals surface area (Å²) in [5.74, 6) is -1.43. The van der Waals surface area contributed by atoms with E-state index < -0.39 is 55.2 Å². The summed E-state index contributed by atoms with van der Waals surface area (Å²) in [6, 6.07) is 4.94. The minimum Gasteiger partial charge on any atom is -0.381 e. The van der Waals surface area contributed by atoms with E-state index in [-0.39, 0.29) is 24.1 Å². The van der Waals surface area contributed by atoms with Crippen molar-refractivity contribution in [1.82, 2.24) is 15.3 Å². The van der Waals surface area contributed by atoms with Crippen LogP contribution in [-0.2, 0) is 25.5 Å². The van der Waals surface area contributed by atoms with Crippen LogP contribution in [0.5, 0.6) is 0 Å². The molecule has 1 heterocycles. The second-order valence-corrected chi connectivity index (χ2v) is 10.7. The fourth-order valence-electron chi connectivity index (χ4n) is 4.25. The standard InChI is InChI=1S/C22H21F3N4O4S/c1-33-18-10-14(9-15(18)20(30)29-21(12-26)4-5-21)34(31,32)19-3-2-13(8-16(19)22(23,24)25)17-11-27-6-7-28-17/h2-3,6-8,11,14-15,18H,4-5,9-10H2,1H3,(H,29,30)/t14-,15-,18-/m1/s1. The predicted molar refractivity (Wildman–Crippen MR) is 113 cm³/mol. The van der Waals surface area contributed by atoms with Gasteiger partial charge in [-0.15, -0.1) is 0 Å². The van der Waals surface area contributed by atoms with Crippen LogP contribution >= 0.6 is 0 Å². The fourth-order valence-corrected chi connectivity index (χ4v) is 6.25. The number of aromatic nitrogens is 2. The molecule has 0 radical (unpaired) electrons. The Morgan fingerprint density at radius 3 is 2.56 bits per heavy atom. The Morgan fingerprint density at radius 1 is 1.26 bits per heavy atom. The summed E-state index contributed by atoms with van der Waals surface area (Å²) in [4.78, 5) is 19.7. The average molecular weight is 494 g/mol. The number of sulfone groups is 1. The Kier molecular flexibility index (Phi) is 6.12. The zero-order valence-electron chi connectivity index (χ0n) is 18.0. The molecular formula is C22H21F3N4O4S. The molecule has 2 saturated carbocycles. The third-order valence-electron chi connectivity index (χ3n) is 6.32. The Labute approximate surface area is 194 Å². The Morgan fingerprint density at radius 2 is 2.00 bits per heavy atom. The number of methoxy groups -OCH3 is 1. The maximum absolute atomic E-state index is 13.9. The molecule has 0 saturated heterocycles. The summed E-state index contributed by atoms with van der Waals surface area (Å²) in [6.07, 6.45) is -1.14. The molecule has 1 aromatic heterocycles. The fraction of sp³-hybridized carbons (Fsp3) is 0.455. The molecule has 12 heteroatoms. The van der Waals surface area contributed by atoms with Crippen LogP contribution in [-0.4, -0.2) is 48.3 Å². The molecule has 2 aliphatic carbocycles. The monoisotopic (exact) mass is 494 g/mol. The molecule has 8 nitrogen and oxygen atoms in total. The molecule has 4 rings (SSSR count). The van der Waals surface area contributed by atoms with Gasteiger partial charge in [0.25, 0.3) is 0 Å². The van der Waals surface area contributed by atoms with Crippen LogP contribution in [0.1, 0.15) is 31.2 Å². The number of alkyl halides is 3. The van der Waals surface area contributed by atoms with E-state index in [4.69, 9.17) is 4.74 Å². The van der Waals surface area contributed by atoms with Crippen LogP contribution in [0.15, 0.2) is 41.7 Å². The number of carbonyl (C=O) groups excluding carboxylic acids is 1. The van der Waals surface area contributed by atoms with Gasteiger partial charge in [0.15, 0.2) is 9.84 Å². The highest BCUT2D eigenvalue weighted by molar-refractivity contribution is 7.92. The molecule has 0 aliphatic heterocycles. The van der Waals surface area contributed by atoms with Crippen LogP contribution in [0.25, 0.3) is 11.3 Å². The number of rotatable bonds is 6. The number of benzene rings is 1. The molecule has 0 bridgehead atoms. The Bertz CT molecular complexity index is 1240. The highest BCUT2D eigenvalue weighted by Gasteiger charge is 2.51. The van der Waals surface area contributed by atoms with Crippen molar-refractivity contribution in [2.45, 2.75) is 53.6 Å². The van der Waals surface area contributed by atoms with Gasteiger partial charge in [0, 0.05) is 25.1 Å². The number of nitriles is 1. The smallest absolute Gasteiger partial charge is 0.381 e. The molecule has 34 heavy (non-hydrogen) atoms. The van der Waals surface area contributed by atoms with Gasteiger partial charge in [-0.05, 0) is 37.8 Å². The van der Waals surface area contributed by atoms with Gasteiger partial charge in [-0.1, -0.05) is 6.07 Å². The lowest BCUT2D eigenvalue weighted by molar-refractivity contribution is -0.139. The SMILES string of the molecule is CO[C@@H]1C[C@H](S(=O)(=O)c2ccc(-c3cnccn3)cc2C(F)(F)F)C[C@H]1C(=O)NC1(C#N)CC1. The van der Waals surface area contributed by atoms with Crippen molar-refractivity contribution in [1.29, 1.82) is 5.26 Å². The van der Waals surface area contributed by atoms with E-state index in [1.165, 1.54) is 31.8 Å². The van der Waals surface area contributed by atoms with Gasteiger partial charge >= 0.3 is 6.18 Å². The van der Waals surface area contributed by atoms with E-state index in [2.05, 4.69) is 15.3 Å². The summed E-state index contributed by atoms with van der Waals surface area (Å²) in [5, 5.41) is 10.6. The van der Waals surface area contributed by atoms with Crippen molar-refractivity contribution < 1.29 is 31.1 Å². The third-order valence-corrected chi connectivity index (χ3v) is 8.55. The highest BCUT2D eigenvalue weighted by atomic mass is 32.2. The second kappa shape index (κ2) is 8.63. The normalized spacial score (nSPS) is 23.8.